The van der Waals surface area contributed by atoms with Gasteiger partial charge in [0, 0.05) is 22.7 Å². The normalized spacial score (nSPS) is 10.8. The van der Waals surface area contributed by atoms with Crippen LogP contribution >= 0.6 is 23.2 Å². The summed E-state index contributed by atoms with van der Waals surface area (Å²) in [6.45, 7) is 0. The maximum atomic E-state index is 13.0. The van der Waals surface area contributed by atoms with Gasteiger partial charge in [-0.25, -0.2) is 9.18 Å². The molecular formula is C15H9Cl2FO3. The van der Waals surface area contributed by atoms with Gasteiger partial charge in [0.05, 0.1) is 5.02 Å². The molecule has 108 valence electrons. The molecule has 0 aliphatic heterocycles. The van der Waals surface area contributed by atoms with Crippen LogP contribution < -0.4 is 4.74 Å². The molecule has 0 fully saturated rings. The molecule has 2 aromatic rings. The highest BCUT2D eigenvalue weighted by Crippen LogP contribution is 2.33. The van der Waals surface area contributed by atoms with Crippen molar-refractivity contribution in [3.05, 3.63) is 63.9 Å². The van der Waals surface area contributed by atoms with E-state index in [0.717, 1.165) is 12.1 Å². The Bertz CT molecular complexity index is 714. The molecule has 3 nitrogen and oxygen atoms in total. The minimum atomic E-state index is -1.09. The molecule has 1 N–H and O–H groups in total. The molecule has 0 saturated heterocycles. The first-order valence-corrected chi connectivity index (χ1v) is 6.55. The summed E-state index contributed by atoms with van der Waals surface area (Å²) in [6.07, 6.45) is 2.34. The molecule has 0 atom stereocenters. The van der Waals surface area contributed by atoms with Crippen molar-refractivity contribution in [2.24, 2.45) is 0 Å². The fourth-order valence-corrected chi connectivity index (χ4v) is 1.94. The van der Waals surface area contributed by atoms with Gasteiger partial charge >= 0.3 is 5.97 Å². The van der Waals surface area contributed by atoms with E-state index in [0.29, 0.717) is 16.3 Å². The highest BCUT2D eigenvalue weighted by Gasteiger charge is 2.08. The van der Waals surface area contributed by atoms with Crippen molar-refractivity contribution in [3.63, 3.8) is 0 Å². The molecule has 0 bridgehead atoms. The number of rotatable bonds is 4. The van der Waals surface area contributed by atoms with E-state index >= 15 is 0 Å². The number of aliphatic carboxylic acids is 1. The predicted molar refractivity (Wildman–Crippen MR) is 79.6 cm³/mol. The summed E-state index contributed by atoms with van der Waals surface area (Å²) < 4.78 is 18.6. The number of carboxylic acids is 1. The molecule has 0 radical (unpaired) electrons. The van der Waals surface area contributed by atoms with Crippen molar-refractivity contribution < 1.29 is 19.0 Å². The Morgan fingerprint density at radius 1 is 1.14 bits per heavy atom. The van der Waals surface area contributed by atoms with E-state index in [2.05, 4.69) is 0 Å². The monoisotopic (exact) mass is 326 g/mol. The summed E-state index contributed by atoms with van der Waals surface area (Å²) in [5.41, 5.74) is 0.502. The van der Waals surface area contributed by atoms with E-state index in [1.54, 1.807) is 12.1 Å². The third-order valence-electron chi connectivity index (χ3n) is 2.49. The molecule has 0 aliphatic carbocycles. The highest BCUT2D eigenvalue weighted by atomic mass is 35.5. The lowest BCUT2D eigenvalue weighted by Gasteiger charge is -2.10. The Morgan fingerprint density at radius 2 is 1.90 bits per heavy atom. The van der Waals surface area contributed by atoms with Gasteiger partial charge in [-0.2, -0.15) is 0 Å². The number of hydrogen-bond acceptors (Lipinski definition) is 2. The quantitative estimate of drug-likeness (QED) is 0.802. The second-order valence-electron chi connectivity index (χ2n) is 4.03. The van der Waals surface area contributed by atoms with Crippen LogP contribution in [0.25, 0.3) is 6.08 Å². The van der Waals surface area contributed by atoms with Crippen molar-refractivity contribution >= 4 is 35.2 Å². The van der Waals surface area contributed by atoms with Crippen LogP contribution in [-0.2, 0) is 4.79 Å². The van der Waals surface area contributed by atoms with Crippen LogP contribution in [0.1, 0.15) is 5.56 Å². The number of halogens is 3. The standard InChI is InChI=1S/C15H9Cl2FO3/c16-10-3-1-9(2-6-15(19)20)14(7-10)21-13-5-4-11(18)8-12(13)17/h1-8H,(H,19,20)/b6-2+. The summed E-state index contributed by atoms with van der Waals surface area (Å²) in [6, 6.07) is 8.43. The zero-order valence-corrected chi connectivity index (χ0v) is 12.0. The van der Waals surface area contributed by atoms with E-state index in [1.165, 1.54) is 24.3 Å². The van der Waals surface area contributed by atoms with Crippen LogP contribution in [0.4, 0.5) is 4.39 Å². The number of benzene rings is 2. The second-order valence-corrected chi connectivity index (χ2v) is 4.87. The molecular weight excluding hydrogens is 318 g/mol. The van der Waals surface area contributed by atoms with Crippen LogP contribution in [0.3, 0.4) is 0 Å². The summed E-state index contributed by atoms with van der Waals surface area (Å²) in [7, 11) is 0. The first-order valence-electron chi connectivity index (χ1n) is 5.79. The van der Waals surface area contributed by atoms with Gasteiger partial charge in [-0.1, -0.05) is 23.2 Å². The third kappa shape index (κ3) is 4.21. The van der Waals surface area contributed by atoms with E-state index in [-0.39, 0.29) is 10.8 Å². The highest BCUT2D eigenvalue weighted by molar-refractivity contribution is 6.32. The first kappa shape index (κ1) is 15.4. The topological polar surface area (TPSA) is 46.5 Å². The molecule has 2 rings (SSSR count). The lowest BCUT2D eigenvalue weighted by atomic mass is 10.2. The molecule has 0 unspecified atom stereocenters. The minimum absolute atomic E-state index is 0.100. The number of carboxylic acid groups (broad SMARTS) is 1. The Balaban J connectivity index is 2.38. The van der Waals surface area contributed by atoms with Gasteiger partial charge in [0.15, 0.2) is 0 Å². The molecule has 0 saturated carbocycles. The van der Waals surface area contributed by atoms with Crippen molar-refractivity contribution in [2.75, 3.05) is 0 Å². The Morgan fingerprint density at radius 3 is 2.57 bits per heavy atom. The van der Waals surface area contributed by atoms with E-state index in [9.17, 15) is 9.18 Å². The number of carbonyl (C=O) groups is 1. The molecule has 6 heteroatoms. The lowest BCUT2D eigenvalue weighted by molar-refractivity contribution is -0.131. The van der Waals surface area contributed by atoms with Gasteiger partial charge in [0.2, 0.25) is 0 Å². The maximum Gasteiger partial charge on any atom is 0.328 e. The average Bonchev–Trinajstić information content (AvgIpc) is 2.41. The Labute approximate surface area is 130 Å². The van der Waals surface area contributed by atoms with E-state index < -0.39 is 11.8 Å². The fraction of sp³-hybridized carbons (Fsp3) is 0. The largest absolute Gasteiger partial charge is 0.478 e. The van der Waals surface area contributed by atoms with Gasteiger partial charge < -0.3 is 9.84 Å². The summed E-state index contributed by atoms with van der Waals surface area (Å²) in [5.74, 6) is -1.01. The van der Waals surface area contributed by atoms with Crippen molar-refractivity contribution in [1.29, 1.82) is 0 Å². The first-order chi connectivity index (χ1) is 9.95. The summed E-state index contributed by atoms with van der Waals surface area (Å²) in [5, 5.41) is 9.18. The van der Waals surface area contributed by atoms with Crippen LogP contribution in [-0.4, -0.2) is 11.1 Å². The van der Waals surface area contributed by atoms with Gasteiger partial charge in [0.25, 0.3) is 0 Å². The fourth-order valence-electron chi connectivity index (χ4n) is 1.57. The SMILES string of the molecule is O=C(O)/C=C/c1ccc(Cl)cc1Oc1ccc(F)cc1Cl. The zero-order chi connectivity index (χ0) is 15.4. The Kier molecular flexibility index (Phi) is 4.83. The second kappa shape index (κ2) is 6.61. The zero-order valence-electron chi connectivity index (χ0n) is 10.5. The van der Waals surface area contributed by atoms with Gasteiger partial charge in [-0.3, -0.25) is 0 Å². The van der Waals surface area contributed by atoms with Gasteiger partial charge in [0.1, 0.15) is 17.3 Å². The summed E-state index contributed by atoms with van der Waals surface area (Å²) >= 11 is 11.8. The predicted octanol–water partition coefficient (Wildman–Crippen LogP) is 5.02. The molecule has 21 heavy (non-hydrogen) atoms. The van der Waals surface area contributed by atoms with E-state index in [1.807, 2.05) is 0 Å². The van der Waals surface area contributed by atoms with Crippen molar-refractivity contribution in [1.82, 2.24) is 0 Å². The van der Waals surface area contributed by atoms with Crippen molar-refractivity contribution in [2.45, 2.75) is 0 Å². The summed E-state index contributed by atoms with van der Waals surface area (Å²) in [4.78, 5) is 10.6. The smallest absolute Gasteiger partial charge is 0.328 e. The number of hydrogen-bond donors (Lipinski definition) is 1. The maximum absolute atomic E-state index is 13.0. The number of ether oxygens (including phenoxy) is 1. The minimum Gasteiger partial charge on any atom is -0.478 e. The Hall–Kier alpha value is -2.04. The van der Waals surface area contributed by atoms with Crippen LogP contribution in [0, 0.1) is 5.82 Å². The van der Waals surface area contributed by atoms with Crippen LogP contribution in [0.15, 0.2) is 42.5 Å². The van der Waals surface area contributed by atoms with Crippen molar-refractivity contribution in [3.8, 4) is 11.5 Å². The molecule has 0 heterocycles. The average molecular weight is 327 g/mol. The van der Waals surface area contributed by atoms with Gasteiger partial charge in [-0.15, -0.1) is 0 Å². The van der Waals surface area contributed by atoms with Crippen LogP contribution in [0.5, 0.6) is 11.5 Å². The third-order valence-corrected chi connectivity index (χ3v) is 3.03. The lowest BCUT2D eigenvalue weighted by Crippen LogP contribution is -1.91. The molecule has 0 aliphatic rings. The molecule has 0 spiro atoms. The van der Waals surface area contributed by atoms with E-state index in [4.69, 9.17) is 33.0 Å². The molecule has 0 aromatic heterocycles. The molecule has 2 aromatic carbocycles. The van der Waals surface area contributed by atoms with Crippen LogP contribution in [0.2, 0.25) is 10.0 Å². The molecule has 0 amide bonds. The van der Waals surface area contributed by atoms with Gasteiger partial charge in [-0.05, 0) is 36.4 Å².